The number of piperidine rings is 1. The number of aromatic nitrogens is 2. The maximum Gasteiger partial charge on any atom is 0.227 e. The van der Waals surface area contributed by atoms with E-state index in [1.165, 1.54) is 0 Å². The summed E-state index contributed by atoms with van der Waals surface area (Å²) in [6.07, 6.45) is 1.64. The normalized spacial score (nSPS) is 14.9. The zero-order chi connectivity index (χ0) is 17.3. The molecule has 8 heteroatoms. The number of methoxy groups -OCH3 is 2. The molecule has 0 bridgehead atoms. The van der Waals surface area contributed by atoms with Crippen molar-refractivity contribution in [3.63, 3.8) is 0 Å². The summed E-state index contributed by atoms with van der Waals surface area (Å²) in [6.45, 7) is 3.16. The lowest BCUT2D eigenvalue weighted by molar-refractivity contribution is -0.121. The number of anilines is 2. The molecule has 0 unspecified atom stereocenters. The molecule has 0 spiro atoms. The maximum absolute atomic E-state index is 11.5. The molecule has 1 aromatic carbocycles. The van der Waals surface area contributed by atoms with E-state index in [4.69, 9.17) is 15.2 Å². The number of benzene rings is 1. The van der Waals surface area contributed by atoms with Gasteiger partial charge in [0.05, 0.1) is 19.7 Å². The molecule has 1 saturated heterocycles. The van der Waals surface area contributed by atoms with Crippen LogP contribution < -0.4 is 20.1 Å². The van der Waals surface area contributed by atoms with Crippen molar-refractivity contribution in [3.05, 3.63) is 12.1 Å². The molecular weight excluding hydrogens is 344 g/mol. The number of rotatable bonds is 4. The number of carbonyl (C=O) groups excluding carboxylic acids is 1. The molecule has 3 rings (SSSR count). The number of hydrogen-bond acceptors (Lipinski definition) is 7. The van der Waals surface area contributed by atoms with E-state index < -0.39 is 0 Å². The number of Topliss-reactive ketones (excluding diaryl/α,β-unsaturated/α-hetero) is 1. The standard InChI is InChI=1S/C17H22N4O3.ClH/c1-10(22)11-4-6-21(7-5-11)17-19-13-9-15(24-3)14(23-2)8-12(13)16(18)20-17;/h8-9,11H,4-7H2,1-3H3,(H2,18,19,20);1H. The molecule has 1 fully saturated rings. The Balaban J connectivity index is 0.00000225. The van der Waals surface area contributed by atoms with Crippen LogP contribution >= 0.6 is 12.4 Å². The highest BCUT2D eigenvalue weighted by atomic mass is 35.5. The van der Waals surface area contributed by atoms with Gasteiger partial charge in [0.25, 0.3) is 0 Å². The number of nitrogens with two attached hydrogens (primary N) is 1. The largest absolute Gasteiger partial charge is 0.493 e. The van der Waals surface area contributed by atoms with Gasteiger partial charge >= 0.3 is 0 Å². The quantitative estimate of drug-likeness (QED) is 0.888. The van der Waals surface area contributed by atoms with E-state index >= 15 is 0 Å². The lowest BCUT2D eigenvalue weighted by atomic mass is 9.93. The fourth-order valence-corrected chi connectivity index (χ4v) is 3.09. The lowest BCUT2D eigenvalue weighted by Gasteiger charge is -2.31. The highest BCUT2D eigenvalue weighted by Gasteiger charge is 2.24. The Labute approximate surface area is 152 Å². The van der Waals surface area contributed by atoms with Crippen LogP contribution in [0.15, 0.2) is 12.1 Å². The van der Waals surface area contributed by atoms with Crippen molar-refractivity contribution in [1.82, 2.24) is 9.97 Å². The van der Waals surface area contributed by atoms with Crippen molar-refractivity contribution in [2.75, 3.05) is 37.9 Å². The van der Waals surface area contributed by atoms with E-state index in [0.29, 0.717) is 28.8 Å². The molecule has 0 atom stereocenters. The number of ketones is 1. The molecule has 1 aromatic heterocycles. The van der Waals surface area contributed by atoms with Gasteiger partial charge in [0, 0.05) is 30.5 Å². The number of fused-ring (bicyclic) bond motifs is 1. The van der Waals surface area contributed by atoms with E-state index in [0.717, 1.165) is 31.3 Å². The third-order valence-corrected chi connectivity index (χ3v) is 4.57. The van der Waals surface area contributed by atoms with Crippen molar-refractivity contribution in [1.29, 1.82) is 0 Å². The van der Waals surface area contributed by atoms with Crippen molar-refractivity contribution < 1.29 is 14.3 Å². The molecule has 2 N–H and O–H groups in total. The number of ether oxygens (including phenoxy) is 2. The molecule has 0 saturated carbocycles. The molecule has 25 heavy (non-hydrogen) atoms. The first-order valence-corrected chi connectivity index (χ1v) is 7.98. The Morgan fingerprint density at radius 3 is 2.32 bits per heavy atom. The second-order valence-electron chi connectivity index (χ2n) is 6.01. The fraction of sp³-hybridized carbons (Fsp3) is 0.471. The van der Waals surface area contributed by atoms with Gasteiger partial charge in [-0.05, 0) is 25.8 Å². The Hall–Kier alpha value is -2.28. The maximum atomic E-state index is 11.5. The van der Waals surface area contributed by atoms with Crippen molar-refractivity contribution >= 4 is 40.9 Å². The van der Waals surface area contributed by atoms with Gasteiger partial charge in [-0.2, -0.15) is 4.98 Å². The number of carbonyl (C=O) groups is 1. The van der Waals surface area contributed by atoms with Crippen LogP contribution in [0.1, 0.15) is 19.8 Å². The smallest absolute Gasteiger partial charge is 0.227 e. The Bertz CT molecular complexity index is 776. The predicted molar refractivity (Wildman–Crippen MR) is 99.9 cm³/mol. The van der Waals surface area contributed by atoms with Gasteiger partial charge in [-0.3, -0.25) is 4.79 Å². The van der Waals surface area contributed by atoms with Gasteiger partial charge < -0.3 is 20.1 Å². The Morgan fingerprint density at radius 2 is 1.76 bits per heavy atom. The zero-order valence-corrected chi connectivity index (χ0v) is 15.4. The minimum absolute atomic E-state index is 0. The second-order valence-corrected chi connectivity index (χ2v) is 6.01. The molecule has 1 aliphatic heterocycles. The summed E-state index contributed by atoms with van der Waals surface area (Å²) in [7, 11) is 3.16. The minimum Gasteiger partial charge on any atom is -0.493 e. The molecule has 0 radical (unpaired) electrons. The molecule has 0 aliphatic carbocycles. The Morgan fingerprint density at radius 1 is 1.16 bits per heavy atom. The van der Waals surface area contributed by atoms with Crippen LogP contribution in [-0.4, -0.2) is 43.1 Å². The van der Waals surface area contributed by atoms with Gasteiger partial charge in [0.15, 0.2) is 11.5 Å². The van der Waals surface area contributed by atoms with Gasteiger partial charge in [0.2, 0.25) is 5.95 Å². The number of nitrogen functional groups attached to an aromatic ring is 1. The molecule has 0 amide bonds. The summed E-state index contributed by atoms with van der Waals surface area (Å²) in [5, 5.41) is 0.732. The minimum atomic E-state index is 0. The predicted octanol–water partition coefficient (Wildman–Crippen LogP) is 2.46. The first kappa shape index (κ1) is 19.1. The van der Waals surface area contributed by atoms with E-state index in [1.807, 2.05) is 0 Å². The van der Waals surface area contributed by atoms with Crippen molar-refractivity contribution in [3.8, 4) is 11.5 Å². The monoisotopic (exact) mass is 366 g/mol. The summed E-state index contributed by atoms with van der Waals surface area (Å²) in [5.41, 5.74) is 6.84. The van der Waals surface area contributed by atoms with Crippen LogP contribution in [-0.2, 0) is 4.79 Å². The molecule has 2 heterocycles. The summed E-state index contributed by atoms with van der Waals surface area (Å²) in [5.74, 6) is 2.59. The van der Waals surface area contributed by atoms with E-state index in [9.17, 15) is 4.79 Å². The third-order valence-electron chi connectivity index (χ3n) is 4.57. The first-order chi connectivity index (χ1) is 11.5. The van der Waals surface area contributed by atoms with E-state index in [-0.39, 0.29) is 24.1 Å². The molecule has 136 valence electrons. The van der Waals surface area contributed by atoms with Gasteiger partial charge in [0.1, 0.15) is 11.6 Å². The topological polar surface area (TPSA) is 90.6 Å². The Kier molecular flexibility index (Phi) is 5.89. The molecule has 1 aliphatic rings. The summed E-state index contributed by atoms with van der Waals surface area (Å²) >= 11 is 0. The molecular formula is C17H23ClN4O3. The fourth-order valence-electron chi connectivity index (χ4n) is 3.09. The van der Waals surface area contributed by atoms with Crippen molar-refractivity contribution in [2.24, 2.45) is 5.92 Å². The highest BCUT2D eigenvalue weighted by Crippen LogP contribution is 2.34. The van der Waals surface area contributed by atoms with Crippen LogP contribution in [0.4, 0.5) is 11.8 Å². The van der Waals surface area contributed by atoms with Crippen LogP contribution in [0.3, 0.4) is 0 Å². The lowest BCUT2D eigenvalue weighted by Crippen LogP contribution is -2.36. The SMILES string of the molecule is COc1cc2nc(N3CCC(C(C)=O)CC3)nc(N)c2cc1OC.Cl. The van der Waals surface area contributed by atoms with Crippen LogP contribution in [0.5, 0.6) is 11.5 Å². The average molecular weight is 367 g/mol. The number of nitrogens with zero attached hydrogens (tertiary/aromatic N) is 3. The number of hydrogen-bond donors (Lipinski definition) is 1. The first-order valence-electron chi connectivity index (χ1n) is 7.98. The van der Waals surface area contributed by atoms with E-state index in [2.05, 4.69) is 14.9 Å². The van der Waals surface area contributed by atoms with Gasteiger partial charge in [-0.15, -0.1) is 12.4 Å². The second kappa shape index (κ2) is 7.74. The highest BCUT2D eigenvalue weighted by molar-refractivity contribution is 5.91. The van der Waals surface area contributed by atoms with E-state index in [1.54, 1.807) is 33.3 Å². The zero-order valence-electron chi connectivity index (χ0n) is 14.6. The summed E-state index contributed by atoms with van der Waals surface area (Å²) < 4.78 is 10.6. The van der Waals surface area contributed by atoms with Gasteiger partial charge in [-0.25, -0.2) is 4.98 Å². The number of halogens is 1. The molecule has 7 nitrogen and oxygen atoms in total. The van der Waals surface area contributed by atoms with Crippen LogP contribution in [0.25, 0.3) is 10.9 Å². The van der Waals surface area contributed by atoms with Crippen molar-refractivity contribution in [2.45, 2.75) is 19.8 Å². The van der Waals surface area contributed by atoms with Gasteiger partial charge in [-0.1, -0.05) is 0 Å². The van der Waals surface area contributed by atoms with Crippen LogP contribution in [0, 0.1) is 5.92 Å². The molecule has 2 aromatic rings. The third kappa shape index (κ3) is 3.71. The summed E-state index contributed by atoms with van der Waals surface area (Å²) in [4.78, 5) is 22.6. The average Bonchev–Trinajstić information content (AvgIpc) is 2.60. The van der Waals surface area contributed by atoms with Crippen LogP contribution in [0.2, 0.25) is 0 Å². The summed E-state index contributed by atoms with van der Waals surface area (Å²) in [6, 6.07) is 3.59.